The molecule has 17 heavy (non-hydrogen) atoms. The Bertz CT molecular complexity index is 408. The fraction of sp³-hybridized carbons (Fsp3) is 0.455. The molecule has 2 aliphatic heterocycles. The minimum absolute atomic E-state index is 0.224. The minimum atomic E-state index is -3.30. The van der Waals surface area contributed by atoms with E-state index in [2.05, 4.69) is 17.1 Å². The van der Waals surface area contributed by atoms with Crippen molar-refractivity contribution in [2.45, 2.75) is 13.0 Å². The molecule has 1 spiro atoms. The van der Waals surface area contributed by atoms with Crippen LogP contribution in [0.5, 0.6) is 0 Å². The van der Waals surface area contributed by atoms with Crippen molar-refractivity contribution in [2.75, 3.05) is 24.9 Å². The third-order valence-electron chi connectivity index (χ3n) is 2.83. The standard InChI is InChI=1S/C11H17N2O3P/c1-10-9-16-17(12-10,14-7-8-15-17)13-11-5-3-2-4-6-11/h2-6,10,12-13H,7-9H2,1H3. The summed E-state index contributed by atoms with van der Waals surface area (Å²) >= 11 is 0. The van der Waals surface area contributed by atoms with E-state index in [4.69, 9.17) is 13.6 Å². The summed E-state index contributed by atoms with van der Waals surface area (Å²) in [5, 5.41) is 6.66. The van der Waals surface area contributed by atoms with Gasteiger partial charge in [-0.2, -0.15) is 0 Å². The van der Waals surface area contributed by atoms with Crippen LogP contribution < -0.4 is 10.2 Å². The van der Waals surface area contributed by atoms with E-state index < -0.39 is 7.59 Å². The Balaban J connectivity index is 1.91. The zero-order valence-electron chi connectivity index (χ0n) is 9.76. The number of benzene rings is 1. The molecule has 3 rings (SSSR count). The molecule has 0 aromatic heterocycles. The van der Waals surface area contributed by atoms with Crippen molar-refractivity contribution in [1.82, 2.24) is 5.09 Å². The van der Waals surface area contributed by atoms with Gasteiger partial charge in [0.05, 0.1) is 0 Å². The Morgan fingerprint density at radius 3 is 2.47 bits per heavy atom. The van der Waals surface area contributed by atoms with Gasteiger partial charge in [-0.15, -0.1) is 0 Å². The van der Waals surface area contributed by atoms with Crippen molar-refractivity contribution in [3.8, 4) is 0 Å². The molecule has 1 aromatic rings. The Morgan fingerprint density at radius 1 is 1.18 bits per heavy atom. The van der Waals surface area contributed by atoms with Crippen LogP contribution in [-0.4, -0.2) is 25.9 Å². The summed E-state index contributed by atoms with van der Waals surface area (Å²) in [5.74, 6) is 0. The molecule has 0 radical (unpaired) electrons. The first-order chi connectivity index (χ1) is 8.20. The van der Waals surface area contributed by atoms with E-state index in [1.54, 1.807) is 0 Å². The molecule has 6 heteroatoms. The van der Waals surface area contributed by atoms with E-state index in [-0.39, 0.29) is 6.04 Å². The second-order valence-electron chi connectivity index (χ2n) is 4.35. The molecular weight excluding hydrogens is 239 g/mol. The van der Waals surface area contributed by atoms with Crippen LogP contribution in [0.4, 0.5) is 5.69 Å². The van der Waals surface area contributed by atoms with E-state index in [1.165, 1.54) is 0 Å². The predicted octanol–water partition coefficient (Wildman–Crippen LogP) is 2.28. The average molecular weight is 256 g/mol. The molecule has 2 saturated heterocycles. The van der Waals surface area contributed by atoms with Crippen LogP contribution in [0.3, 0.4) is 0 Å². The maximum absolute atomic E-state index is 5.87. The summed E-state index contributed by atoms with van der Waals surface area (Å²) in [5.41, 5.74) is 0.939. The number of anilines is 1. The van der Waals surface area contributed by atoms with Gasteiger partial charge >= 0.3 is 100 Å². The summed E-state index contributed by atoms with van der Waals surface area (Å²) < 4.78 is 17.5. The van der Waals surface area contributed by atoms with Gasteiger partial charge in [0.15, 0.2) is 0 Å². The quantitative estimate of drug-likeness (QED) is 0.795. The molecule has 0 amide bonds. The fourth-order valence-corrected chi connectivity index (χ4v) is 5.60. The second kappa shape index (κ2) is 3.90. The predicted molar refractivity (Wildman–Crippen MR) is 67.4 cm³/mol. The average Bonchev–Trinajstić information content (AvgIpc) is 2.87. The van der Waals surface area contributed by atoms with Crippen molar-refractivity contribution in [3.05, 3.63) is 30.3 Å². The number of hydrogen-bond acceptors (Lipinski definition) is 5. The van der Waals surface area contributed by atoms with Gasteiger partial charge in [0.25, 0.3) is 0 Å². The Morgan fingerprint density at radius 2 is 1.88 bits per heavy atom. The van der Waals surface area contributed by atoms with Gasteiger partial charge in [-0.25, -0.2) is 0 Å². The third-order valence-corrected chi connectivity index (χ3v) is 6.28. The van der Waals surface area contributed by atoms with E-state index in [1.807, 2.05) is 30.3 Å². The van der Waals surface area contributed by atoms with Gasteiger partial charge in [-0.3, -0.25) is 0 Å². The summed E-state index contributed by atoms with van der Waals surface area (Å²) in [4.78, 5) is 0. The topological polar surface area (TPSA) is 51.8 Å². The molecule has 94 valence electrons. The maximum atomic E-state index is 5.87. The normalized spacial score (nSPS) is 32.1. The second-order valence-corrected chi connectivity index (χ2v) is 7.38. The van der Waals surface area contributed by atoms with Crippen LogP contribution in [0, 0.1) is 0 Å². The van der Waals surface area contributed by atoms with Gasteiger partial charge in [-0.1, -0.05) is 0 Å². The Labute approximate surface area is 101 Å². The number of para-hydroxylation sites is 1. The van der Waals surface area contributed by atoms with E-state index in [0.717, 1.165) is 5.69 Å². The van der Waals surface area contributed by atoms with Crippen molar-refractivity contribution in [2.24, 2.45) is 0 Å². The number of hydrogen-bond donors (Lipinski definition) is 2. The zero-order valence-corrected chi connectivity index (χ0v) is 10.7. The molecule has 2 fully saturated rings. The molecule has 2 aliphatic rings. The van der Waals surface area contributed by atoms with Crippen LogP contribution >= 0.6 is 7.59 Å². The van der Waals surface area contributed by atoms with Gasteiger partial charge in [0, 0.05) is 0 Å². The van der Waals surface area contributed by atoms with Crippen molar-refractivity contribution < 1.29 is 13.6 Å². The van der Waals surface area contributed by atoms with Crippen LogP contribution in [-0.2, 0) is 13.6 Å². The number of rotatable bonds is 2. The van der Waals surface area contributed by atoms with E-state index in [0.29, 0.717) is 19.8 Å². The summed E-state index contributed by atoms with van der Waals surface area (Å²) in [6, 6.07) is 10.1. The zero-order chi connectivity index (χ0) is 11.8. The molecule has 0 saturated carbocycles. The summed E-state index contributed by atoms with van der Waals surface area (Å²) in [6.07, 6.45) is 0. The van der Waals surface area contributed by atoms with Gasteiger partial charge in [0.1, 0.15) is 0 Å². The third kappa shape index (κ3) is 1.94. The Kier molecular flexibility index (Phi) is 2.61. The first-order valence-corrected chi connectivity index (χ1v) is 7.79. The molecule has 2 N–H and O–H groups in total. The van der Waals surface area contributed by atoms with Crippen LogP contribution in [0.25, 0.3) is 0 Å². The fourth-order valence-electron chi connectivity index (χ4n) is 2.16. The molecule has 0 aliphatic carbocycles. The molecule has 0 bridgehead atoms. The van der Waals surface area contributed by atoms with E-state index in [9.17, 15) is 0 Å². The monoisotopic (exact) mass is 256 g/mol. The van der Waals surface area contributed by atoms with E-state index >= 15 is 0 Å². The first kappa shape index (κ1) is 11.4. The van der Waals surface area contributed by atoms with Crippen LogP contribution in [0.2, 0.25) is 0 Å². The molecule has 1 unspecified atom stereocenters. The molecule has 1 atom stereocenters. The summed E-state index contributed by atoms with van der Waals surface area (Å²) in [6.45, 7) is 3.76. The van der Waals surface area contributed by atoms with Crippen LogP contribution in [0.1, 0.15) is 6.92 Å². The SMILES string of the molecule is CC1COP2(Nc3ccccc3)(N1)OCCO2. The number of nitrogens with one attached hydrogen (secondary N) is 2. The van der Waals surface area contributed by atoms with Crippen molar-refractivity contribution in [1.29, 1.82) is 0 Å². The summed E-state index contributed by atoms with van der Waals surface area (Å²) in [7, 11) is -3.30. The van der Waals surface area contributed by atoms with Crippen molar-refractivity contribution in [3.63, 3.8) is 0 Å². The first-order valence-electron chi connectivity index (χ1n) is 5.80. The van der Waals surface area contributed by atoms with Crippen molar-refractivity contribution >= 4 is 13.3 Å². The molecule has 2 heterocycles. The molecule has 1 aromatic carbocycles. The molecule has 5 nitrogen and oxygen atoms in total. The van der Waals surface area contributed by atoms with Gasteiger partial charge < -0.3 is 0 Å². The van der Waals surface area contributed by atoms with Crippen LogP contribution in [0.15, 0.2) is 30.3 Å². The van der Waals surface area contributed by atoms with Gasteiger partial charge in [0.2, 0.25) is 0 Å². The van der Waals surface area contributed by atoms with Gasteiger partial charge in [-0.05, 0) is 0 Å². The Hall–Kier alpha value is -0.710. The molecular formula is C11H17N2O3P.